The molecule has 0 aromatic heterocycles. The molecule has 0 radical (unpaired) electrons. The summed E-state index contributed by atoms with van der Waals surface area (Å²) in [6.07, 6.45) is 9.59. The van der Waals surface area contributed by atoms with Crippen LogP contribution in [0.1, 0.15) is 32.6 Å². The first-order valence-corrected chi connectivity index (χ1v) is 6.12. The summed E-state index contributed by atoms with van der Waals surface area (Å²) in [5, 5.41) is 2.90. The summed E-state index contributed by atoms with van der Waals surface area (Å²) in [5.41, 5.74) is 0. The van der Waals surface area contributed by atoms with Crippen molar-refractivity contribution in [3.63, 3.8) is 0 Å². The largest absolute Gasteiger partial charge is 0.356 e. The zero-order valence-electron chi connectivity index (χ0n) is 10.2. The highest BCUT2D eigenvalue weighted by molar-refractivity contribution is 5.72. The summed E-state index contributed by atoms with van der Waals surface area (Å²) in [7, 11) is 0. The van der Waals surface area contributed by atoms with Crippen molar-refractivity contribution in [1.29, 1.82) is 0 Å². The average molecular weight is 222 g/mol. The number of nitrogens with one attached hydrogen (secondary N) is 1. The standard InChI is InChI=1S/C13H22N2O/c1-3-4-5-8-15-9-6-13(7-10-15)11-14-12(2)16/h1,13H,4-11H2,2H3,(H,14,16). The molecule has 16 heavy (non-hydrogen) atoms. The van der Waals surface area contributed by atoms with E-state index in [2.05, 4.69) is 16.1 Å². The van der Waals surface area contributed by atoms with E-state index < -0.39 is 0 Å². The van der Waals surface area contributed by atoms with Gasteiger partial charge in [-0.05, 0) is 44.8 Å². The molecule has 1 saturated heterocycles. The summed E-state index contributed by atoms with van der Waals surface area (Å²) in [6.45, 7) is 5.84. The molecule has 0 aromatic rings. The Bertz CT molecular complexity index is 249. The first-order chi connectivity index (χ1) is 7.72. The quantitative estimate of drug-likeness (QED) is 0.561. The highest BCUT2D eigenvalue weighted by Gasteiger charge is 2.18. The van der Waals surface area contributed by atoms with E-state index in [9.17, 15) is 4.79 Å². The van der Waals surface area contributed by atoms with Crippen LogP contribution in [0.4, 0.5) is 0 Å². The molecule has 1 heterocycles. The molecular formula is C13H22N2O. The van der Waals surface area contributed by atoms with Crippen LogP contribution in [-0.4, -0.2) is 37.0 Å². The monoisotopic (exact) mass is 222 g/mol. The fourth-order valence-electron chi connectivity index (χ4n) is 2.11. The van der Waals surface area contributed by atoms with Gasteiger partial charge in [0.25, 0.3) is 0 Å². The van der Waals surface area contributed by atoms with E-state index in [4.69, 9.17) is 6.42 Å². The number of piperidine rings is 1. The van der Waals surface area contributed by atoms with Crippen LogP contribution >= 0.6 is 0 Å². The maximum absolute atomic E-state index is 10.8. The Morgan fingerprint density at radius 1 is 1.50 bits per heavy atom. The summed E-state index contributed by atoms with van der Waals surface area (Å²) in [4.78, 5) is 13.3. The third-order valence-electron chi connectivity index (χ3n) is 3.14. The van der Waals surface area contributed by atoms with E-state index in [1.54, 1.807) is 6.92 Å². The van der Waals surface area contributed by atoms with Crippen LogP contribution in [0.15, 0.2) is 0 Å². The van der Waals surface area contributed by atoms with Crippen LogP contribution in [-0.2, 0) is 4.79 Å². The van der Waals surface area contributed by atoms with Gasteiger partial charge in [-0.15, -0.1) is 12.3 Å². The third-order valence-corrected chi connectivity index (χ3v) is 3.14. The van der Waals surface area contributed by atoms with Crippen LogP contribution in [0.25, 0.3) is 0 Å². The van der Waals surface area contributed by atoms with Gasteiger partial charge in [-0.25, -0.2) is 0 Å². The normalized spacial score (nSPS) is 18.0. The number of terminal acetylenes is 1. The van der Waals surface area contributed by atoms with Gasteiger partial charge < -0.3 is 10.2 Å². The molecule has 1 aliphatic heterocycles. The fourth-order valence-corrected chi connectivity index (χ4v) is 2.11. The molecule has 90 valence electrons. The molecule has 0 saturated carbocycles. The first-order valence-electron chi connectivity index (χ1n) is 6.12. The Morgan fingerprint density at radius 2 is 2.19 bits per heavy atom. The van der Waals surface area contributed by atoms with Crippen molar-refractivity contribution < 1.29 is 4.79 Å². The van der Waals surface area contributed by atoms with Crippen LogP contribution in [0.2, 0.25) is 0 Å². The van der Waals surface area contributed by atoms with Crippen LogP contribution in [0.5, 0.6) is 0 Å². The van der Waals surface area contributed by atoms with Crippen molar-refractivity contribution in [1.82, 2.24) is 10.2 Å². The Labute approximate surface area is 98.6 Å². The lowest BCUT2D eigenvalue weighted by molar-refractivity contribution is -0.119. The Hall–Kier alpha value is -1.01. The molecule has 1 aliphatic rings. The average Bonchev–Trinajstić information content (AvgIpc) is 2.28. The van der Waals surface area contributed by atoms with E-state index >= 15 is 0 Å². The van der Waals surface area contributed by atoms with Gasteiger partial charge in [-0.1, -0.05) is 0 Å². The lowest BCUT2D eigenvalue weighted by Gasteiger charge is -2.31. The zero-order chi connectivity index (χ0) is 11.8. The van der Waals surface area contributed by atoms with E-state index in [0.717, 1.165) is 39.0 Å². The van der Waals surface area contributed by atoms with Gasteiger partial charge in [-0.2, -0.15) is 0 Å². The molecule has 0 bridgehead atoms. The number of carbonyl (C=O) groups is 1. The second-order valence-electron chi connectivity index (χ2n) is 4.53. The molecular weight excluding hydrogens is 200 g/mol. The molecule has 0 aliphatic carbocycles. The maximum Gasteiger partial charge on any atom is 0.216 e. The lowest BCUT2D eigenvalue weighted by Crippen LogP contribution is -2.38. The summed E-state index contributed by atoms with van der Waals surface area (Å²) in [5.74, 6) is 3.41. The lowest BCUT2D eigenvalue weighted by atomic mass is 9.96. The minimum Gasteiger partial charge on any atom is -0.356 e. The first kappa shape index (κ1) is 13.1. The van der Waals surface area contributed by atoms with Gasteiger partial charge in [0.1, 0.15) is 0 Å². The smallest absolute Gasteiger partial charge is 0.216 e. The Kier molecular flexibility index (Phi) is 5.95. The van der Waals surface area contributed by atoms with Crippen molar-refractivity contribution in [2.24, 2.45) is 5.92 Å². The molecule has 1 N–H and O–H groups in total. The Morgan fingerprint density at radius 3 is 2.75 bits per heavy atom. The van der Waals surface area contributed by atoms with Crippen LogP contribution < -0.4 is 5.32 Å². The van der Waals surface area contributed by atoms with Gasteiger partial charge in [0.2, 0.25) is 5.91 Å². The molecule has 0 atom stereocenters. The predicted molar refractivity (Wildman–Crippen MR) is 65.9 cm³/mol. The second-order valence-corrected chi connectivity index (χ2v) is 4.53. The molecule has 1 amide bonds. The summed E-state index contributed by atoms with van der Waals surface area (Å²) in [6, 6.07) is 0. The highest BCUT2D eigenvalue weighted by atomic mass is 16.1. The van der Waals surface area contributed by atoms with Crippen molar-refractivity contribution in [2.45, 2.75) is 32.6 Å². The summed E-state index contributed by atoms with van der Waals surface area (Å²) >= 11 is 0. The molecule has 1 fully saturated rings. The number of likely N-dealkylation sites (tertiary alicyclic amines) is 1. The van der Waals surface area contributed by atoms with Crippen LogP contribution in [0.3, 0.4) is 0 Å². The van der Waals surface area contributed by atoms with E-state index in [1.807, 2.05) is 0 Å². The molecule has 1 rings (SSSR count). The molecule has 0 aromatic carbocycles. The number of rotatable bonds is 5. The van der Waals surface area contributed by atoms with E-state index in [1.165, 1.54) is 12.8 Å². The van der Waals surface area contributed by atoms with Gasteiger partial charge >= 0.3 is 0 Å². The van der Waals surface area contributed by atoms with Gasteiger partial charge in [0, 0.05) is 19.9 Å². The second kappa shape index (κ2) is 7.29. The maximum atomic E-state index is 10.8. The zero-order valence-corrected chi connectivity index (χ0v) is 10.2. The van der Waals surface area contributed by atoms with Gasteiger partial charge in [-0.3, -0.25) is 4.79 Å². The number of amides is 1. The van der Waals surface area contributed by atoms with E-state index in [0.29, 0.717) is 5.92 Å². The number of hydrogen-bond acceptors (Lipinski definition) is 2. The number of carbonyl (C=O) groups excluding carboxylic acids is 1. The number of nitrogens with zero attached hydrogens (tertiary/aromatic N) is 1. The predicted octanol–water partition coefficient (Wildman–Crippen LogP) is 1.25. The van der Waals surface area contributed by atoms with Crippen molar-refractivity contribution >= 4 is 5.91 Å². The molecule has 3 heteroatoms. The Balaban J connectivity index is 2.09. The molecule has 0 unspecified atom stereocenters. The van der Waals surface area contributed by atoms with Crippen molar-refractivity contribution in [2.75, 3.05) is 26.2 Å². The molecule has 3 nitrogen and oxygen atoms in total. The van der Waals surface area contributed by atoms with Gasteiger partial charge in [0.15, 0.2) is 0 Å². The van der Waals surface area contributed by atoms with Gasteiger partial charge in [0.05, 0.1) is 0 Å². The highest BCUT2D eigenvalue weighted by Crippen LogP contribution is 2.16. The SMILES string of the molecule is C#CCCCN1CCC(CNC(C)=O)CC1. The minimum absolute atomic E-state index is 0.0800. The number of unbranched alkanes of at least 4 members (excludes halogenated alkanes) is 1. The fraction of sp³-hybridized carbons (Fsp3) is 0.769. The van der Waals surface area contributed by atoms with E-state index in [-0.39, 0.29) is 5.91 Å². The molecule has 0 spiro atoms. The van der Waals surface area contributed by atoms with Crippen molar-refractivity contribution in [3.8, 4) is 12.3 Å². The summed E-state index contributed by atoms with van der Waals surface area (Å²) < 4.78 is 0. The third kappa shape index (κ3) is 5.18. The van der Waals surface area contributed by atoms with Crippen LogP contribution in [0, 0.1) is 18.3 Å². The van der Waals surface area contributed by atoms with Crippen molar-refractivity contribution in [3.05, 3.63) is 0 Å². The number of hydrogen-bond donors (Lipinski definition) is 1. The minimum atomic E-state index is 0.0800. The topological polar surface area (TPSA) is 32.3 Å².